The van der Waals surface area contributed by atoms with Gasteiger partial charge in [0.05, 0.1) is 42.8 Å². The molecule has 0 radical (unpaired) electrons. The van der Waals surface area contributed by atoms with Gasteiger partial charge in [0.25, 0.3) is 0 Å². The Morgan fingerprint density at radius 2 is 1.91 bits per heavy atom. The van der Waals surface area contributed by atoms with Gasteiger partial charge >= 0.3 is 0 Å². The Balaban J connectivity index is 1.00. The standard InChI is InChI=1S/C26H41N3O4S/c30-25-17-33-26(18-29(25)22-15-32-16-22)9-12-28(13-10-26)34(31)23-7-5-19(6-8-23)21-4-3-20-2-1-11-27-24(20)14-21/h7,19-22,24,27H,1-6,8-18H2. The summed E-state index contributed by atoms with van der Waals surface area (Å²) in [5.41, 5.74) is -0.276. The molecule has 5 unspecified atom stereocenters. The van der Waals surface area contributed by atoms with E-state index in [9.17, 15) is 9.35 Å². The number of rotatable bonds is 4. The van der Waals surface area contributed by atoms with Gasteiger partial charge < -0.3 is 24.2 Å². The molecule has 0 aromatic carbocycles. The number of morpholine rings is 1. The van der Waals surface area contributed by atoms with Gasteiger partial charge in [-0.3, -0.25) is 4.79 Å². The van der Waals surface area contributed by atoms with Crippen molar-refractivity contribution in [2.24, 2.45) is 17.8 Å². The average molecular weight is 492 g/mol. The molecule has 0 bridgehead atoms. The molecule has 4 heterocycles. The highest BCUT2D eigenvalue weighted by Gasteiger charge is 2.47. The van der Waals surface area contributed by atoms with Crippen LogP contribution < -0.4 is 5.32 Å². The van der Waals surface area contributed by atoms with Gasteiger partial charge in [-0.1, -0.05) is 0 Å². The fourth-order valence-electron chi connectivity index (χ4n) is 7.36. The van der Waals surface area contributed by atoms with Gasteiger partial charge in [0.2, 0.25) is 5.91 Å². The van der Waals surface area contributed by atoms with E-state index in [1.165, 1.54) is 45.1 Å². The summed E-state index contributed by atoms with van der Waals surface area (Å²) in [7, 11) is 0. The third-order valence-electron chi connectivity index (χ3n) is 9.70. The van der Waals surface area contributed by atoms with Crippen LogP contribution in [0.5, 0.6) is 0 Å². The highest BCUT2D eigenvalue weighted by molar-refractivity contribution is 7.93. The van der Waals surface area contributed by atoms with Crippen LogP contribution in [-0.2, 0) is 25.6 Å². The maximum Gasteiger partial charge on any atom is 0.249 e. The van der Waals surface area contributed by atoms with E-state index in [0.29, 0.717) is 19.8 Å². The minimum Gasteiger partial charge on any atom is -0.593 e. The van der Waals surface area contributed by atoms with Crippen molar-refractivity contribution in [1.29, 1.82) is 0 Å². The van der Waals surface area contributed by atoms with E-state index >= 15 is 0 Å². The summed E-state index contributed by atoms with van der Waals surface area (Å²) in [6.07, 6.45) is 14.2. The predicted molar refractivity (Wildman–Crippen MR) is 131 cm³/mol. The number of piperidine rings is 2. The monoisotopic (exact) mass is 491 g/mol. The minimum atomic E-state index is -1.03. The lowest BCUT2D eigenvalue weighted by atomic mass is 9.68. The molecule has 34 heavy (non-hydrogen) atoms. The van der Waals surface area contributed by atoms with Crippen LogP contribution in [0, 0.1) is 17.8 Å². The van der Waals surface area contributed by atoms with Crippen LogP contribution in [0.25, 0.3) is 0 Å². The molecular weight excluding hydrogens is 450 g/mol. The van der Waals surface area contributed by atoms with E-state index in [4.69, 9.17) is 9.47 Å². The Labute approximate surface area is 207 Å². The summed E-state index contributed by atoms with van der Waals surface area (Å²) in [5.74, 6) is 2.60. The third-order valence-corrected chi connectivity index (χ3v) is 11.4. The normalized spacial score (nSPS) is 38.2. The summed E-state index contributed by atoms with van der Waals surface area (Å²) >= 11 is -1.03. The largest absolute Gasteiger partial charge is 0.593 e. The van der Waals surface area contributed by atoms with Crippen LogP contribution in [0.2, 0.25) is 0 Å². The first-order valence-electron chi connectivity index (χ1n) is 13.7. The summed E-state index contributed by atoms with van der Waals surface area (Å²) < 4.78 is 26.9. The molecule has 1 spiro atoms. The maximum absolute atomic E-state index is 13.4. The molecule has 6 rings (SSSR count). The quantitative estimate of drug-likeness (QED) is 0.609. The second kappa shape index (κ2) is 10.0. The number of carbonyl (C=O) groups is 1. The topological polar surface area (TPSA) is 77.1 Å². The van der Waals surface area contributed by atoms with Crippen molar-refractivity contribution in [1.82, 2.24) is 14.5 Å². The van der Waals surface area contributed by atoms with Crippen molar-refractivity contribution < 1.29 is 18.8 Å². The molecule has 5 fully saturated rings. The van der Waals surface area contributed by atoms with Gasteiger partial charge in [0, 0.05) is 25.6 Å². The minimum absolute atomic E-state index is 0.0830. The highest BCUT2D eigenvalue weighted by atomic mass is 32.2. The Morgan fingerprint density at radius 3 is 2.65 bits per heavy atom. The summed E-state index contributed by atoms with van der Waals surface area (Å²) in [4.78, 5) is 15.4. The number of ether oxygens (including phenoxy) is 2. The molecule has 4 aliphatic heterocycles. The molecular formula is C26H41N3O4S. The molecule has 6 aliphatic rings. The van der Waals surface area contributed by atoms with Crippen LogP contribution in [0.1, 0.15) is 64.2 Å². The van der Waals surface area contributed by atoms with Gasteiger partial charge in [0.15, 0.2) is 0 Å². The Hall–Kier alpha value is -0.640. The fraction of sp³-hybridized carbons (Fsp3) is 0.885. The Kier molecular flexibility index (Phi) is 7.00. The van der Waals surface area contributed by atoms with Crippen LogP contribution in [0.4, 0.5) is 0 Å². The molecule has 4 saturated heterocycles. The molecule has 0 aromatic rings. The highest BCUT2D eigenvalue weighted by Crippen LogP contribution is 2.43. The zero-order chi connectivity index (χ0) is 23.1. The molecule has 1 N–H and O–H groups in total. The van der Waals surface area contributed by atoms with Gasteiger partial charge in [-0.05, 0) is 88.2 Å². The van der Waals surface area contributed by atoms with E-state index in [1.807, 2.05) is 4.90 Å². The molecule has 1 saturated carbocycles. The average Bonchev–Trinajstić information content (AvgIpc) is 2.85. The van der Waals surface area contributed by atoms with E-state index in [2.05, 4.69) is 15.7 Å². The molecule has 1 amide bonds. The second-order valence-electron chi connectivity index (χ2n) is 11.6. The van der Waals surface area contributed by atoms with Crippen LogP contribution in [-0.4, -0.2) is 83.3 Å². The van der Waals surface area contributed by atoms with Crippen molar-refractivity contribution in [3.8, 4) is 0 Å². The van der Waals surface area contributed by atoms with E-state index in [-0.39, 0.29) is 24.2 Å². The van der Waals surface area contributed by atoms with Crippen LogP contribution in [0.15, 0.2) is 11.0 Å². The summed E-state index contributed by atoms with van der Waals surface area (Å²) in [6, 6.07) is 0.961. The zero-order valence-corrected chi connectivity index (χ0v) is 21.2. The molecule has 0 aromatic heterocycles. The zero-order valence-electron chi connectivity index (χ0n) is 20.4. The first kappa shape index (κ1) is 23.7. The van der Waals surface area contributed by atoms with Crippen molar-refractivity contribution >= 4 is 17.3 Å². The lowest BCUT2D eigenvalue weighted by Gasteiger charge is -2.49. The summed E-state index contributed by atoms with van der Waals surface area (Å²) in [6.45, 7) is 4.86. The molecule has 7 nitrogen and oxygen atoms in total. The van der Waals surface area contributed by atoms with Gasteiger partial charge in [0.1, 0.15) is 11.5 Å². The number of carbonyl (C=O) groups excluding carboxylic acids is 1. The number of hydrogen-bond donors (Lipinski definition) is 1. The smallest absolute Gasteiger partial charge is 0.249 e. The van der Waals surface area contributed by atoms with Gasteiger partial charge in [-0.25, -0.2) is 0 Å². The number of hydrogen-bond acceptors (Lipinski definition) is 6. The maximum atomic E-state index is 13.4. The van der Waals surface area contributed by atoms with Crippen molar-refractivity contribution in [2.75, 3.05) is 46.0 Å². The van der Waals surface area contributed by atoms with Crippen molar-refractivity contribution in [2.45, 2.75) is 81.9 Å². The summed E-state index contributed by atoms with van der Waals surface area (Å²) in [5, 5.41) is 3.79. The van der Waals surface area contributed by atoms with Crippen LogP contribution >= 0.6 is 0 Å². The van der Waals surface area contributed by atoms with Crippen molar-refractivity contribution in [3.05, 3.63) is 11.0 Å². The van der Waals surface area contributed by atoms with E-state index < -0.39 is 11.4 Å². The first-order valence-corrected chi connectivity index (χ1v) is 14.8. The Bertz CT molecular complexity index is 782. The Morgan fingerprint density at radius 1 is 1.09 bits per heavy atom. The fourth-order valence-corrected chi connectivity index (χ4v) is 8.74. The predicted octanol–water partition coefficient (Wildman–Crippen LogP) is 2.59. The van der Waals surface area contributed by atoms with E-state index in [0.717, 1.165) is 67.5 Å². The number of nitrogens with zero attached hydrogens (tertiary/aromatic N) is 2. The number of fused-ring (bicyclic) bond motifs is 1. The lowest BCUT2D eigenvalue weighted by molar-refractivity contribution is -0.187. The molecule has 2 aliphatic carbocycles. The number of nitrogens with one attached hydrogen (secondary N) is 1. The molecule has 190 valence electrons. The molecule has 8 heteroatoms. The van der Waals surface area contributed by atoms with Crippen molar-refractivity contribution in [3.63, 3.8) is 0 Å². The molecule has 5 atom stereocenters. The van der Waals surface area contributed by atoms with Crippen LogP contribution in [0.3, 0.4) is 0 Å². The first-order chi connectivity index (χ1) is 16.6. The van der Waals surface area contributed by atoms with Gasteiger partial charge in [-0.15, -0.1) is 4.31 Å². The third kappa shape index (κ3) is 4.71. The SMILES string of the molecule is O=C1COC2(CCN([S+]([O-])C3=CCC(C4CCC5CCCNC5C4)CC3)CC2)CN1C1COC1. The second-order valence-corrected chi connectivity index (χ2v) is 13.1. The number of allylic oxidation sites excluding steroid dienone is 2. The lowest BCUT2D eigenvalue weighted by Crippen LogP contribution is -2.64. The van der Waals surface area contributed by atoms with Gasteiger partial charge in [-0.2, -0.15) is 0 Å². The number of amides is 1. The van der Waals surface area contributed by atoms with E-state index in [1.54, 1.807) is 0 Å².